The Labute approximate surface area is 86.6 Å². The van der Waals surface area contributed by atoms with Crippen LogP contribution in [-0.4, -0.2) is 44.9 Å². The lowest BCUT2D eigenvalue weighted by Gasteiger charge is -2.14. The van der Waals surface area contributed by atoms with Crippen LogP contribution >= 0.6 is 11.8 Å². The van der Waals surface area contributed by atoms with Crippen molar-refractivity contribution in [3.63, 3.8) is 0 Å². The average molecular weight is 215 g/mol. The van der Waals surface area contributed by atoms with Crippen LogP contribution in [0, 0.1) is 0 Å². The second-order valence-corrected chi connectivity index (χ2v) is 3.84. The Balaban J connectivity index is 2.34. The Hall–Kier alpha value is -0.620. The Kier molecular flexibility index (Phi) is 4.89. The Morgan fingerprint density at radius 1 is 1.29 bits per heavy atom. The minimum atomic E-state index is -1.08. The van der Waals surface area contributed by atoms with Crippen molar-refractivity contribution in [2.75, 3.05) is 12.4 Å². The fraction of sp³-hybridized carbons (Fsp3) is 0.444. The molecule has 14 heavy (non-hydrogen) atoms. The quantitative estimate of drug-likeness (QED) is 0.598. The number of pyridine rings is 1. The molecule has 78 valence electrons. The van der Waals surface area contributed by atoms with Crippen LogP contribution in [0.4, 0.5) is 0 Å². The second-order valence-electron chi connectivity index (χ2n) is 2.80. The van der Waals surface area contributed by atoms with Gasteiger partial charge in [0, 0.05) is 11.9 Å². The highest BCUT2D eigenvalue weighted by atomic mass is 32.2. The van der Waals surface area contributed by atoms with Crippen LogP contribution in [0.1, 0.15) is 0 Å². The van der Waals surface area contributed by atoms with Gasteiger partial charge in [-0.15, -0.1) is 11.8 Å². The molecule has 2 atom stereocenters. The van der Waals surface area contributed by atoms with Gasteiger partial charge in [0.05, 0.1) is 17.7 Å². The molecule has 1 aromatic heterocycles. The number of hydrogen-bond donors (Lipinski definition) is 3. The van der Waals surface area contributed by atoms with E-state index in [-0.39, 0.29) is 0 Å². The van der Waals surface area contributed by atoms with Crippen LogP contribution < -0.4 is 0 Å². The second kappa shape index (κ2) is 5.98. The lowest BCUT2D eigenvalue weighted by molar-refractivity contribution is -0.00191. The van der Waals surface area contributed by atoms with Crippen molar-refractivity contribution in [1.82, 2.24) is 4.98 Å². The van der Waals surface area contributed by atoms with E-state index < -0.39 is 18.8 Å². The summed E-state index contributed by atoms with van der Waals surface area (Å²) in [7, 11) is 0. The third-order valence-corrected chi connectivity index (χ3v) is 2.72. The Bertz CT molecular complexity index is 257. The highest BCUT2D eigenvalue weighted by Gasteiger charge is 2.15. The number of rotatable bonds is 5. The summed E-state index contributed by atoms with van der Waals surface area (Å²) in [5, 5.41) is 27.7. The molecule has 0 aliphatic rings. The van der Waals surface area contributed by atoms with Gasteiger partial charge in [-0.25, -0.2) is 4.98 Å². The zero-order chi connectivity index (χ0) is 10.4. The van der Waals surface area contributed by atoms with E-state index in [0.717, 1.165) is 5.03 Å². The van der Waals surface area contributed by atoms with Gasteiger partial charge in [0.15, 0.2) is 0 Å². The molecule has 4 nitrogen and oxygen atoms in total. The van der Waals surface area contributed by atoms with E-state index in [1.165, 1.54) is 11.8 Å². The van der Waals surface area contributed by atoms with Gasteiger partial charge < -0.3 is 15.3 Å². The van der Waals surface area contributed by atoms with Crippen LogP contribution in [0.25, 0.3) is 0 Å². The van der Waals surface area contributed by atoms with Gasteiger partial charge in [-0.2, -0.15) is 0 Å². The fourth-order valence-electron chi connectivity index (χ4n) is 0.836. The maximum atomic E-state index is 9.32. The maximum Gasteiger partial charge on any atom is 0.104 e. The lowest BCUT2D eigenvalue weighted by atomic mass is 10.2. The van der Waals surface area contributed by atoms with E-state index in [9.17, 15) is 5.11 Å². The molecule has 5 heteroatoms. The predicted molar refractivity (Wildman–Crippen MR) is 54.1 cm³/mol. The summed E-state index contributed by atoms with van der Waals surface area (Å²) < 4.78 is 0. The first-order valence-corrected chi connectivity index (χ1v) is 5.23. The highest BCUT2D eigenvalue weighted by Crippen LogP contribution is 2.15. The molecule has 0 fully saturated rings. The first-order chi connectivity index (χ1) is 6.74. The SMILES string of the molecule is OC[C@@H](O)[C@@H](O)CSc1ccccn1. The summed E-state index contributed by atoms with van der Waals surface area (Å²) >= 11 is 1.34. The van der Waals surface area contributed by atoms with Crippen LogP contribution in [0.5, 0.6) is 0 Å². The molecule has 3 N–H and O–H groups in total. The molecule has 0 aliphatic carbocycles. The first kappa shape index (κ1) is 11.5. The molecule has 0 saturated carbocycles. The summed E-state index contributed by atoms with van der Waals surface area (Å²) in [6.45, 7) is -0.427. The van der Waals surface area contributed by atoms with Crippen molar-refractivity contribution in [1.29, 1.82) is 0 Å². The Morgan fingerprint density at radius 3 is 2.64 bits per heavy atom. The van der Waals surface area contributed by atoms with Gasteiger partial charge in [0.25, 0.3) is 0 Å². The normalized spacial score (nSPS) is 15.1. The number of nitrogens with zero attached hydrogens (tertiary/aromatic N) is 1. The zero-order valence-corrected chi connectivity index (χ0v) is 8.39. The third-order valence-electron chi connectivity index (χ3n) is 1.67. The highest BCUT2D eigenvalue weighted by molar-refractivity contribution is 7.99. The molecule has 0 aromatic carbocycles. The van der Waals surface area contributed by atoms with E-state index in [0.29, 0.717) is 5.75 Å². The minimum absolute atomic E-state index is 0.318. The topological polar surface area (TPSA) is 73.6 Å². The first-order valence-electron chi connectivity index (χ1n) is 4.25. The molecule has 1 aromatic rings. The van der Waals surface area contributed by atoms with Crippen molar-refractivity contribution < 1.29 is 15.3 Å². The standard InChI is InChI=1S/C9H13NO3S/c11-5-7(12)8(13)6-14-9-3-1-2-4-10-9/h1-4,7-8,11-13H,5-6H2/t7-,8+/m1/s1. The number of aromatic nitrogens is 1. The largest absolute Gasteiger partial charge is 0.394 e. The lowest BCUT2D eigenvalue weighted by Crippen LogP contribution is -2.31. The molecular weight excluding hydrogens is 202 g/mol. The van der Waals surface area contributed by atoms with Crippen molar-refractivity contribution in [3.8, 4) is 0 Å². The van der Waals surface area contributed by atoms with Crippen molar-refractivity contribution in [2.24, 2.45) is 0 Å². The van der Waals surface area contributed by atoms with Crippen LogP contribution in [0.3, 0.4) is 0 Å². The van der Waals surface area contributed by atoms with Crippen molar-refractivity contribution in [3.05, 3.63) is 24.4 Å². The summed E-state index contributed by atoms with van der Waals surface area (Å²) in [5.74, 6) is 0.318. The molecule has 0 unspecified atom stereocenters. The van der Waals surface area contributed by atoms with Gasteiger partial charge in [0.2, 0.25) is 0 Å². The molecule has 0 radical (unpaired) electrons. The van der Waals surface area contributed by atoms with E-state index >= 15 is 0 Å². The number of thioether (sulfide) groups is 1. The Morgan fingerprint density at radius 2 is 2.07 bits per heavy atom. The number of hydrogen-bond acceptors (Lipinski definition) is 5. The third kappa shape index (κ3) is 3.63. The smallest absolute Gasteiger partial charge is 0.104 e. The van der Waals surface area contributed by atoms with E-state index in [4.69, 9.17) is 10.2 Å². The van der Waals surface area contributed by atoms with E-state index in [1.807, 2.05) is 18.2 Å². The van der Waals surface area contributed by atoms with Gasteiger partial charge in [-0.3, -0.25) is 0 Å². The molecule has 0 bridgehead atoms. The molecule has 1 heterocycles. The predicted octanol–water partition coefficient (Wildman–Crippen LogP) is -0.112. The van der Waals surface area contributed by atoms with Gasteiger partial charge in [-0.1, -0.05) is 6.07 Å². The molecule has 0 saturated heterocycles. The summed E-state index contributed by atoms with van der Waals surface area (Å²) in [4.78, 5) is 4.04. The molecule has 1 rings (SSSR count). The summed E-state index contributed by atoms with van der Waals surface area (Å²) in [6, 6.07) is 5.48. The molecule has 0 spiro atoms. The fourth-order valence-corrected chi connectivity index (χ4v) is 1.71. The molecular formula is C9H13NO3S. The van der Waals surface area contributed by atoms with Gasteiger partial charge in [-0.05, 0) is 12.1 Å². The van der Waals surface area contributed by atoms with Crippen molar-refractivity contribution >= 4 is 11.8 Å². The van der Waals surface area contributed by atoms with Crippen molar-refractivity contribution in [2.45, 2.75) is 17.2 Å². The van der Waals surface area contributed by atoms with Crippen LogP contribution in [0.2, 0.25) is 0 Å². The van der Waals surface area contributed by atoms with Gasteiger partial charge >= 0.3 is 0 Å². The monoisotopic (exact) mass is 215 g/mol. The van der Waals surface area contributed by atoms with Crippen LogP contribution in [0.15, 0.2) is 29.4 Å². The number of aliphatic hydroxyl groups is 3. The summed E-state index contributed by atoms with van der Waals surface area (Å²) in [5.41, 5.74) is 0. The maximum absolute atomic E-state index is 9.32. The zero-order valence-electron chi connectivity index (χ0n) is 7.58. The average Bonchev–Trinajstić information content (AvgIpc) is 2.26. The van der Waals surface area contributed by atoms with Crippen LogP contribution in [-0.2, 0) is 0 Å². The molecule has 0 aliphatic heterocycles. The summed E-state index contributed by atoms with van der Waals surface area (Å²) in [6.07, 6.45) is -0.338. The van der Waals surface area contributed by atoms with Gasteiger partial charge in [0.1, 0.15) is 6.10 Å². The number of aliphatic hydroxyl groups excluding tert-OH is 3. The van der Waals surface area contributed by atoms with E-state index in [1.54, 1.807) is 6.20 Å². The van der Waals surface area contributed by atoms with E-state index in [2.05, 4.69) is 4.98 Å². The minimum Gasteiger partial charge on any atom is -0.394 e. The molecule has 0 amide bonds.